The lowest BCUT2D eigenvalue weighted by Gasteiger charge is -2.29. The van der Waals surface area contributed by atoms with Crippen molar-refractivity contribution >= 4 is 17.7 Å². The molecule has 8 nitrogen and oxygen atoms in total. The molecule has 4 rings (SSSR count). The lowest BCUT2D eigenvalue weighted by atomic mass is 9.83. The smallest absolute Gasteiger partial charge is 0.287 e. The molecule has 1 saturated carbocycles. The first kappa shape index (κ1) is 26.3. The molecule has 1 aliphatic carbocycles. The van der Waals surface area contributed by atoms with Gasteiger partial charge in [0.2, 0.25) is 5.91 Å². The number of nitrogens with one attached hydrogen (secondary N) is 3. The predicted octanol–water partition coefficient (Wildman–Crippen LogP) is 3.76. The first-order valence-corrected chi connectivity index (χ1v) is 13.0. The van der Waals surface area contributed by atoms with E-state index in [0.717, 1.165) is 36.8 Å². The fraction of sp³-hybridized carbons (Fsp3) is 0.414. The third kappa shape index (κ3) is 6.31. The molecule has 1 fully saturated rings. The molecule has 0 radical (unpaired) electrons. The van der Waals surface area contributed by atoms with Gasteiger partial charge in [-0.1, -0.05) is 55.7 Å². The van der Waals surface area contributed by atoms with Crippen molar-refractivity contribution in [3.8, 4) is 11.3 Å². The number of carbonyl (C=O) groups excluding carboxylic acids is 3. The quantitative estimate of drug-likeness (QED) is 0.508. The average molecular weight is 505 g/mol. The molecule has 0 bridgehead atoms. The first-order valence-electron chi connectivity index (χ1n) is 13.0. The monoisotopic (exact) mass is 504 g/mol. The van der Waals surface area contributed by atoms with Gasteiger partial charge in [0.1, 0.15) is 17.5 Å². The van der Waals surface area contributed by atoms with Gasteiger partial charge in [-0.3, -0.25) is 14.4 Å². The lowest BCUT2D eigenvalue weighted by molar-refractivity contribution is -0.124. The molecule has 1 unspecified atom stereocenters. The van der Waals surface area contributed by atoms with Crippen molar-refractivity contribution in [1.29, 1.82) is 0 Å². The van der Waals surface area contributed by atoms with Gasteiger partial charge in [-0.2, -0.15) is 0 Å². The SMILES string of the molecule is CNC(=O)[C@@H](NC(=O)c1ccc(-c2ccc(CNC(=O)C3=CC=CC(C)N3C)cc2)o1)C1CCCCC1. The second kappa shape index (κ2) is 12.0. The standard InChI is InChI=1S/C29H36N4O4/c1-19-8-7-11-23(33(19)3)27(34)31-18-20-12-14-21(15-13-20)24-16-17-25(37-24)28(35)32-26(29(36)30-2)22-9-5-4-6-10-22/h7-8,11-17,19,22,26H,4-6,9-10,18H2,1-3H3,(H,30,36)(H,31,34)(H,32,35)/t19?,26-/m0/s1. The highest BCUT2D eigenvalue weighted by atomic mass is 16.4. The number of allylic oxidation sites excluding steroid dienone is 2. The minimum Gasteiger partial charge on any atom is -0.451 e. The van der Waals surface area contributed by atoms with E-state index in [4.69, 9.17) is 4.42 Å². The summed E-state index contributed by atoms with van der Waals surface area (Å²) in [6.07, 6.45) is 10.9. The minimum absolute atomic E-state index is 0.118. The van der Waals surface area contributed by atoms with Crippen LogP contribution in [0.4, 0.5) is 0 Å². The van der Waals surface area contributed by atoms with E-state index in [1.165, 1.54) is 6.42 Å². The Morgan fingerprint density at radius 1 is 1.03 bits per heavy atom. The molecule has 1 aliphatic heterocycles. The van der Waals surface area contributed by atoms with E-state index in [-0.39, 0.29) is 29.5 Å². The van der Waals surface area contributed by atoms with Crippen LogP contribution in [0.15, 0.2) is 64.7 Å². The number of hydrogen-bond donors (Lipinski definition) is 3. The number of hydrogen-bond acceptors (Lipinski definition) is 5. The summed E-state index contributed by atoms with van der Waals surface area (Å²) in [6, 6.07) is 10.6. The van der Waals surface area contributed by atoms with Gasteiger partial charge in [0.05, 0.1) is 0 Å². The Bertz CT molecular complexity index is 1170. The molecule has 196 valence electrons. The fourth-order valence-electron chi connectivity index (χ4n) is 4.92. The maximum atomic E-state index is 12.9. The van der Waals surface area contributed by atoms with Gasteiger partial charge in [-0.15, -0.1) is 0 Å². The molecule has 0 spiro atoms. The lowest BCUT2D eigenvalue weighted by Crippen LogP contribution is -2.50. The first-order chi connectivity index (χ1) is 17.9. The summed E-state index contributed by atoms with van der Waals surface area (Å²) in [5.74, 6) is 0.180. The van der Waals surface area contributed by atoms with Crippen LogP contribution in [0.1, 0.15) is 55.1 Å². The van der Waals surface area contributed by atoms with Crippen LogP contribution in [0.2, 0.25) is 0 Å². The molecular formula is C29H36N4O4. The average Bonchev–Trinajstić information content (AvgIpc) is 3.43. The second-order valence-corrected chi connectivity index (χ2v) is 9.80. The van der Waals surface area contributed by atoms with Gasteiger partial charge < -0.3 is 25.3 Å². The van der Waals surface area contributed by atoms with Crippen LogP contribution >= 0.6 is 0 Å². The molecule has 2 aromatic rings. The number of amides is 3. The van der Waals surface area contributed by atoms with E-state index in [2.05, 4.69) is 16.0 Å². The highest BCUT2D eigenvalue weighted by molar-refractivity contribution is 5.96. The highest BCUT2D eigenvalue weighted by Gasteiger charge is 2.31. The summed E-state index contributed by atoms with van der Waals surface area (Å²) in [5.41, 5.74) is 2.40. The van der Waals surface area contributed by atoms with Crippen LogP contribution in [-0.4, -0.2) is 48.8 Å². The molecular weight excluding hydrogens is 468 g/mol. The van der Waals surface area contributed by atoms with Crippen LogP contribution in [0.5, 0.6) is 0 Å². The van der Waals surface area contributed by atoms with Gasteiger partial charge in [0.25, 0.3) is 11.8 Å². The van der Waals surface area contributed by atoms with E-state index in [1.54, 1.807) is 19.2 Å². The maximum absolute atomic E-state index is 12.9. The Balaban J connectivity index is 1.36. The van der Waals surface area contributed by atoms with Gasteiger partial charge in [-0.25, -0.2) is 0 Å². The normalized spacial score (nSPS) is 18.6. The summed E-state index contributed by atoms with van der Waals surface area (Å²) in [4.78, 5) is 39.9. The van der Waals surface area contributed by atoms with Crippen molar-refractivity contribution in [2.24, 2.45) is 5.92 Å². The second-order valence-electron chi connectivity index (χ2n) is 9.80. The minimum atomic E-state index is -0.566. The Morgan fingerprint density at radius 2 is 1.76 bits per heavy atom. The van der Waals surface area contributed by atoms with Crippen molar-refractivity contribution in [1.82, 2.24) is 20.9 Å². The van der Waals surface area contributed by atoms with Crippen LogP contribution in [0, 0.1) is 5.92 Å². The molecule has 37 heavy (non-hydrogen) atoms. The molecule has 8 heteroatoms. The van der Waals surface area contributed by atoms with Crippen molar-refractivity contribution in [2.45, 2.75) is 57.7 Å². The van der Waals surface area contributed by atoms with Gasteiger partial charge in [0.15, 0.2) is 5.76 Å². The van der Waals surface area contributed by atoms with Crippen molar-refractivity contribution in [2.75, 3.05) is 14.1 Å². The Kier molecular flexibility index (Phi) is 8.48. The topological polar surface area (TPSA) is 104 Å². The van der Waals surface area contributed by atoms with E-state index in [1.807, 2.05) is 61.4 Å². The van der Waals surface area contributed by atoms with E-state index in [9.17, 15) is 14.4 Å². The Hall–Kier alpha value is -3.81. The molecule has 2 aliphatic rings. The predicted molar refractivity (Wildman–Crippen MR) is 142 cm³/mol. The third-order valence-corrected chi connectivity index (χ3v) is 7.33. The van der Waals surface area contributed by atoms with Crippen molar-refractivity contribution in [3.05, 3.63) is 71.6 Å². The summed E-state index contributed by atoms with van der Waals surface area (Å²) in [7, 11) is 3.49. The Morgan fingerprint density at radius 3 is 2.46 bits per heavy atom. The highest BCUT2D eigenvalue weighted by Crippen LogP contribution is 2.28. The molecule has 1 aromatic carbocycles. The fourth-order valence-corrected chi connectivity index (χ4v) is 4.92. The zero-order valence-corrected chi connectivity index (χ0v) is 21.8. The molecule has 1 aromatic heterocycles. The summed E-state index contributed by atoms with van der Waals surface area (Å²) < 4.78 is 5.84. The van der Waals surface area contributed by atoms with E-state index >= 15 is 0 Å². The summed E-state index contributed by atoms with van der Waals surface area (Å²) in [5, 5.41) is 8.53. The molecule has 3 amide bonds. The zero-order valence-electron chi connectivity index (χ0n) is 21.8. The Labute approximate surface area is 218 Å². The summed E-state index contributed by atoms with van der Waals surface area (Å²) in [6.45, 7) is 2.44. The number of furan rings is 1. The van der Waals surface area contributed by atoms with Crippen molar-refractivity contribution in [3.63, 3.8) is 0 Å². The number of likely N-dealkylation sites (N-methyl/N-ethyl adjacent to an activating group) is 2. The van der Waals surface area contributed by atoms with Gasteiger partial charge in [0, 0.05) is 32.2 Å². The van der Waals surface area contributed by atoms with E-state index in [0.29, 0.717) is 18.0 Å². The van der Waals surface area contributed by atoms with Crippen LogP contribution in [0.3, 0.4) is 0 Å². The van der Waals surface area contributed by atoms with Crippen LogP contribution in [-0.2, 0) is 16.1 Å². The third-order valence-electron chi connectivity index (χ3n) is 7.33. The van der Waals surface area contributed by atoms with Gasteiger partial charge in [-0.05, 0) is 49.5 Å². The van der Waals surface area contributed by atoms with E-state index < -0.39 is 11.9 Å². The van der Waals surface area contributed by atoms with Crippen molar-refractivity contribution < 1.29 is 18.8 Å². The molecule has 2 heterocycles. The summed E-state index contributed by atoms with van der Waals surface area (Å²) >= 11 is 0. The molecule has 2 atom stereocenters. The number of carbonyl (C=O) groups is 3. The molecule has 0 saturated heterocycles. The van der Waals surface area contributed by atoms with Crippen LogP contribution in [0.25, 0.3) is 11.3 Å². The largest absolute Gasteiger partial charge is 0.451 e. The van der Waals surface area contributed by atoms with Gasteiger partial charge >= 0.3 is 0 Å². The zero-order chi connectivity index (χ0) is 26.4. The number of nitrogens with zero attached hydrogens (tertiary/aromatic N) is 1. The number of benzene rings is 1. The van der Waals surface area contributed by atoms with Crippen LogP contribution < -0.4 is 16.0 Å². The maximum Gasteiger partial charge on any atom is 0.287 e. The molecule has 3 N–H and O–H groups in total. The number of rotatable bonds is 8.